The van der Waals surface area contributed by atoms with Crippen LogP contribution in [-0.2, 0) is 14.6 Å². The topological polar surface area (TPSA) is 101 Å². The number of nitrogens with one attached hydrogen (secondary N) is 2. The van der Waals surface area contributed by atoms with Crippen molar-refractivity contribution in [3.05, 3.63) is 89.8 Å². The number of hydrogen-bond acceptors (Lipinski definition) is 6. The molecule has 6 nitrogen and oxygen atoms in total. The van der Waals surface area contributed by atoms with Gasteiger partial charge in [0.2, 0.25) is 0 Å². The molecule has 3 aromatic carbocycles. The van der Waals surface area contributed by atoms with Gasteiger partial charge in [-0.2, -0.15) is 5.26 Å². The van der Waals surface area contributed by atoms with Gasteiger partial charge in [-0.1, -0.05) is 34.5 Å². The Morgan fingerprint density at radius 2 is 1.60 bits per heavy atom. The summed E-state index contributed by atoms with van der Waals surface area (Å²) in [4.78, 5) is 4.71. The van der Waals surface area contributed by atoms with Gasteiger partial charge in [-0.05, 0) is 48.5 Å². The zero-order chi connectivity index (χ0) is 21.0. The van der Waals surface area contributed by atoms with E-state index in [-0.39, 0.29) is 4.90 Å². The molecule has 4 rings (SSSR count). The molecule has 2 N–H and O–H groups in total. The Hall–Kier alpha value is -3.51. The number of nitrogens with zero attached hydrogens (tertiary/aromatic N) is 2. The van der Waals surface area contributed by atoms with Gasteiger partial charge in [-0.3, -0.25) is 0 Å². The molecule has 8 heteroatoms. The van der Waals surface area contributed by atoms with Crippen LogP contribution in [0.2, 0.25) is 0 Å². The molecule has 0 aliphatic heterocycles. The Balaban J connectivity index is 1.45. The van der Waals surface area contributed by atoms with Crippen molar-refractivity contribution in [3.63, 3.8) is 0 Å². The second-order valence-corrected chi connectivity index (χ2v) is 8.89. The van der Waals surface area contributed by atoms with Gasteiger partial charge in [-0.25, -0.2) is 9.71 Å². The van der Waals surface area contributed by atoms with Gasteiger partial charge in [0, 0.05) is 16.6 Å². The van der Waals surface area contributed by atoms with Crippen LogP contribution in [0.15, 0.2) is 89.1 Å². The summed E-state index contributed by atoms with van der Waals surface area (Å²) < 4.78 is 27.7. The highest BCUT2D eigenvalue weighted by atomic mass is 32.3. The van der Waals surface area contributed by atoms with Gasteiger partial charge in [0.1, 0.15) is 0 Å². The highest BCUT2D eigenvalue weighted by Gasteiger charge is 2.20. The van der Waals surface area contributed by atoms with Gasteiger partial charge in [0.15, 0.2) is 20.4 Å². The molecule has 0 spiro atoms. The van der Waals surface area contributed by atoms with Crippen molar-refractivity contribution in [1.82, 2.24) is 4.98 Å². The zero-order valence-electron chi connectivity index (χ0n) is 15.6. The zero-order valence-corrected chi connectivity index (χ0v) is 17.2. The SMILES string of the molecule is N#Cc1ccc(N[S+](=O)([O-])c2ccc(Nc3nc(-c4ccccc4)cs3)cc2)cc1. The third kappa shape index (κ3) is 4.55. The van der Waals surface area contributed by atoms with Crippen LogP contribution in [0.25, 0.3) is 11.3 Å². The maximum Gasteiger partial charge on any atom is 0.187 e. The van der Waals surface area contributed by atoms with Gasteiger partial charge in [0.25, 0.3) is 0 Å². The molecular weight excluding hydrogens is 416 g/mol. The summed E-state index contributed by atoms with van der Waals surface area (Å²) in [6, 6.07) is 24.5. The lowest BCUT2D eigenvalue weighted by Gasteiger charge is -2.16. The Kier molecular flexibility index (Phi) is 5.59. The molecule has 30 heavy (non-hydrogen) atoms. The molecule has 0 saturated heterocycles. The van der Waals surface area contributed by atoms with Crippen molar-refractivity contribution in [2.24, 2.45) is 0 Å². The smallest absolute Gasteiger partial charge is 0.187 e. The lowest BCUT2D eigenvalue weighted by atomic mass is 10.2. The van der Waals surface area contributed by atoms with Crippen molar-refractivity contribution in [2.75, 3.05) is 10.0 Å². The number of hydrogen-bond donors (Lipinski definition) is 2. The van der Waals surface area contributed by atoms with Gasteiger partial charge < -0.3 is 9.87 Å². The molecule has 1 heterocycles. The van der Waals surface area contributed by atoms with E-state index in [2.05, 4.69) is 15.0 Å². The third-order valence-electron chi connectivity index (χ3n) is 4.26. The Bertz CT molecular complexity index is 1230. The molecule has 0 aliphatic rings. The standard InChI is InChI=1S/C22H16N4O2S2/c23-14-16-6-8-19(9-7-16)26-30(27,28)20-12-10-18(11-13-20)24-22-25-21(15-29-22)17-4-2-1-3-5-17/h1-13,15H,(H2-,24,25,26,27,28). The minimum atomic E-state index is -3.73. The van der Waals surface area contributed by atoms with E-state index in [9.17, 15) is 8.76 Å². The van der Waals surface area contributed by atoms with Crippen LogP contribution in [0.3, 0.4) is 0 Å². The average Bonchev–Trinajstić information content (AvgIpc) is 3.23. The van der Waals surface area contributed by atoms with Crippen molar-refractivity contribution in [1.29, 1.82) is 5.26 Å². The van der Waals surface area contributed by atoms with Crippen LogP contribution in [0, 0.1) is 11.3 Å². The van der Waals surface area contributed by atoms with Gasteiger partial charge in [0.05, 0.1) is 23.0 Å². The van der Waals surface area contributed by atoms with Gasteiger partial charge >= 0.3 is 0 Å². The van der Waals surface area contributed by atoms with E-state index in [0.29, 0.717) is 11.3 Å². The fourth-order valence-electron chi connectivity index (χ4n) is 2.74. The Morgan fingerprint density at radius 1 is 0.933 bits per heavy atom. The first kappa shape index (κ1) is 19.8. The number of benzene rings is 3. The largest absolute Gasteiger partial charge is 0.588 e. The van der Waals surface area contributed by atoms with E-state index in [0.717, 1.165) is 22.1 Å². The second kappa shape index (κ2) is 8.47. The predicted molar refractivity (Wildman–Crippen MR) is 119 cm³/mol. The van der Waals surface area contributed by atoms with E-state index in [1.165, 1.54) is 23.5 Å². The first-order valence-corrected chi connectivity index (χ1v) is 11.3. The van der Waals surface area contributed by atoms with Crippen LogP contribution in [0.5, 0.6) is 0 Å². The molecule has 0 fully saturated rings. The predicted octanol–water partition coefficient (Wildman–Crippen LogP) is 5.44. The summed E-state index contributed by atoms with van der Waals surface area (Å²) in [5, 5.41) is 14.7. The average molecular weight is 433 g/mol. The normalized spacial score (nSPS) is 12.5. The molecule has 0 aliphatic carbocycles. The summed E-state index contributed by atoms with van der Waals surface area (Å²) in [6.07, 6.45) is 0. The monoisotopic (exact) mass is 432 g/mol. The molecule has 0 amide bonds. The second-order valence-electron chi connectivity index (χ2n) is 6.35. The van der Waals surface area contributed by atoms with Crippen LogP contribution >= 0.6 is 11.3 Å². The lowest BCUT2D eigenvalue weighted by Crippen LogP contribution is -2.20. The molecule has 0 saturated carbocycles. The highest BCUT2D eigenvalue weighted by molar-refractivity contribution is 7.98. The number of anilines is 3. The third-order valence-corrected chi connectivity index (χ3v) is 6.41. The maximum absolute atomic E-state index is 12.6. The lowest BCUT2D eigenvalue weighted by molar-refractivity contribution is 0.483. The quantitative estimate of drug-likeness (QED) is 0.395. The molecule has 1 unspecified atom stereocenters. The highest BCUT2D eigenvalue weighted by Crippen LogP contribution is 2.28. The number of nitriles is 1. The van der Waals surface area contributed by atoms with E-state index in [4.69, 9.17) is 5.26 Å². The summed E-state index contributed by atoms with van der Waals surface area (Å²) in [6.45, 7) is 0. The number of thiazole rings is 1. The fourth-order valence-corrected chi connectivity index (χ4v) is 4.54. The summed E-state index contributed by atoms with van der Waals surface area (Å²) in [5.41, 5.74) is 3.52. The minimum Gasteiger partial charge on any atom is -0.588 e. The Labute approximate surface area is 179 Å². The van der Waals surface area contributed by atoms with Crippen LogP contribution in [0.1, 0.15) is 5.56 Å². The molecule has 0 radical (unpaired) electrons. The first-order valence-electron chi connectivity index (χ1n) is 8.94. The minimum absolute atomic E-state index is 0.140. The van der Waals surface area contributed by atoms with Crippen molar-refractivity contribution < 1.29 is 8.76 Å². The van der Waals surface area contributed by atoms with Crippen molar-refractivity contribution in [2.45, 2.75) is 4.90 Å². The molecule has 1 atom stereocenters. The fraction of sp³-hybridized carbons (Fsp3) is 0. The van der Waals surface area contributed by atoms with E-state index in [1.54, 1.807) is 36.4 Å². The number of rotatable bonds is 6. The number of aromatic nitrogens is 1. The summed E-state index contributed by atoms with van der Waals surface area (Å²) in [5.74, 6) is 0. The van der Waals surface area contributed by atoms with E-state index >= 15 is 0 Å². The molecule has 1 aromatic heterocycles. The van der Waals surface area contributed by atoms with E-state index in [1.807, 2.05) is 41.8 Å². The molecule has 4 aromatic rings. The van der Waals surface area contributed by atoms with E-state index < -0.39 is 10.4 Å². The summed E-state index contributed by atoms with van der Waals surface area (Å²) >= 11 is 1.48. The van der Waals surface area contributed by atoms with Gasteiger partial charge in [-0.15, -0.1) is 11.3 Å². The Morgan fingerprint density at radius 3 is 2.27 bits per heavy atom. The van der Waals surface area contributed by atoms with Crippen LogP contribution in [0.4, 0.5) is 16.5 Å². The van der Waals surface area contributed by atoms with Crippen molar-refractivity contribution in [3.8, 4) is 17.3 Å². The van der Waals surface area contributed by atoms with Crippen LogP contribution < -0.4 is 10.0 Å². The first-order chi connectivity index (χ1) is 14.5. The molecule has 148 valence electrons. The van der Waals surface area contributed by atoms with Crippen LogP contribution in [-0.4, -0.2) is 9.54 Å². The maximum atomic E-state index is 12.6. The molecular formula is C22H16N4O2S2. The molecule has 0 bridgehead atoms. The summed E-state index contributed by atoms with van der Waals surface area (Å²) in [7, 11) is -3.73. The number of sulfonamides is 1. The van der Waals surface area contributed by atoms with Crippen molar-refractivity contribution >= 4 is 38.2 Å².